The van der Waals surface area contributed by atoms with Gasteiger partial charge < -0.3 is 9.88 Å². The molecule has 0 saturated heterocycles. The van der Waals surface area contributed by atoms with E-state index in [2.05, 4.69) is 48.0 Å². The number of carbonyl (C=O) groups excluding carboxylic acids is 1. The maximum Gasteiger partial charge on any atom is 0.268 e. The Morgan fingerprint density at radius 2 is 2.00 bits per heavy atom. The summed E-state index contributed by atoms with van der Waals surface area (Å²) in [5, 5.41) is 4.46. The fourth-order valence-electron chi connectivity index (χ4n) is 3.64. The quantitative estimate of drug-likeness (QED) is 0.871. The number of nitrogens with zero attached hydrogens (tertiary/aromatic N) is 1. The summed E-state index contributed by atoms with van der Waals surface area (Å²) in [7, 11) is 0. The first kappa shape index (κ1) is 15.1. The minimum atomic E-state index is 0.108. The maximum absolute atomic E-state index is 12.8. The van der Waals surface area contributed by atoms with Gasteiger partial charge in [0, 0.05) is 23.5 Å². The van der Waals surface area contributed by atoms with Gasteiger partial charge in [-0.2, -0.15) is 0 Å². The topological polar surface area (TPSA) is 34.0 Å². The van der Waals surface area contributed by atoms with Gasteiger partial charge in [-0.05, 0) is 37.8 Å². The van der Waals surface area contributed by atoms with Crippen molar-refractivity contribution in [3.63, 3.8) is 0 Å². The van der Waals surface area contributed by atoms with Gasteiger partial charge in [0.15, 0.2) is 0 Å². The molecule has 118 valence electrons. The first-order chi connectivity index (χ1) is 10.7. The van der Waals surface area contributed by atoms with Crippen molar-refractivity contribution >= 4 is 16.8 Å². The summed E-state index contributed by atoms with van der Waals surface area (Å²) in [6.45, 7) is 5.18. The summed E-state index contributed by atoms with van der Waals surface area (Å²) >= 11 is 0. The summed E-state index contributed by atoms with van der Waals surface area (Å²) in [5.41, 5.74) is 3.16. The zero-order valence-electron chi connectivity index (χ0n) is 13.7. The minimum absolute atomic E-state index is 0.108. The third kappa shape index (κ3) is 2.77. The highest BCUT2D eigenvalue weighted by atomic mass is 16.2. The van der Waals surface area contributed by atoms with E-state index in [4.69, 9.17) is 0 Å². The largest absolute Gasteiger partial charge is 0.348 e. The molecule has 1 amide bonds. The lowest BCUT2D eigenvalue weighted by Crippen LogP contribution is -2.34. The molecule has 0 unspecified atom stereocenters. The van der Waals surface area contributed by atoms with Crippen LogP contribution in [0.3, 0.4) is 0 Å². The Morgan fingerprint density at radius 1 is 1.27 bits per heavy atom. The summed E-state index contributed by atoms with van der Waals surface area (Å²) in [6.07, 6.45) is 6.96. The lowest BCUT2D eigenvalue weighted by Gasteiger charge is -2.15. The SMILES string of the molecule is CCCCn1c(C(=O)NC2CCCC2)c(C)c2ccccc21. The van der Waals surface area contributed by atoms with Crippen LogP contribution in [0.5, 0.6) is 0 Å². The van der Waals surface area contributed by atoms with Crippen molar-refractivity contribution in [2.24, 2.45) is 0 Å². The van der Waals surface area contributed by atoms with E-state index >= 15 is 0 Å². The monoisotopic (exact) mass is 298 g/mol. The fourth-order valence-corrected chi connectivity index (χ4v) is 3.64. The number of benzene rings is 1. The van der Waals surface area contributed by atoms with E-state index in [1.807, 2.05) is 0 Å². The molecule has 0 atom stereocenters. The second-order valence-electron chi connectivity index (χ2n) is 6.45. The third-order valence-electron chi connectivity index (χ3n) is 4.86. The van der Waals surface area contributed by atoms with Crippen molar-refractivity contribution in [1.29, 1.82) is 0 Å². The Hall–Kier alpha value is -1.77. The summed E-state index contributed by atoms with van der Waals surface area (Å²) in [6, 6.07) is 8.73. The number of fused-ring (bicyclic) bond motifs is 1. The molecular weight excluding hydrogens is 272 g/mol. The van der Waals surface area contributed by atoms with Gasteiger partial charge in [0.25, 0.3) is 5.91 Å². The van der Waals surface area contributed by atoms with Crippen LogP contribution < -0.4 is 5.32 Å². The molecule has 0 radical (unpaired) electrons. The third-order valence-corrected chi connectivity index (χ3v) is 4.86. The number of nitrogens with one attached hydrogen (secondary N) is 1. The van der Waals surface area contributed by atoms with Crippen molar-refractivity contribution in [1.82, 2.24) is 9.88 Å². The van der Waals surface area contributed by atoms with Crippen LogP contribution in [-0.4, -0.2) is 16.5 Å². The number of para-hydroxylation sites is 1. The molecule has 1 fully saturated rings. The highest BCUT2D eigenvalue weighted by Gasteiger charge is 2.23. The number of carbonyl (C=O) groups is 1. The summed E-state index contributed by atoms with van der Waals surface area (Å²) < 4.78 is 2.22. The molecule has 3 nitrogen and oxygen atoms in total. The average molecular weight is 298 g/mol. The molecule has 3 rings (SSSR count). The summed E-state index contributed by atoms with van der Waals surface area (Å²) in [4.78, 5) is 12.8. The molecule has 2 aromatic rings. The molecule has 22 heavy (non-hydrogen) atoms. The van der Waals surface area contributed by atoms with E-state index < -0.39 is 0 Å². The molecule has 1 saturated carbocycles. The van der Waals surface area contributed by atoms with Gasteiger partial charge >= 0.3 is 0 Å². The molecule has 0 spiro atoms. The van der Waals surface area contributed by atoms with Crippen molar-refractivity contribution in [2.45, 2.75) is 65.0 Å². The first-order valence-corrected chi connectivity index (χ1v) is 8.61. The molecule has 1 aliphatic carbocycles. The second-order valence-corrected chi connectivity index (χ2v) is 6.45. The Balaban J connectivity index is 1.98. The Kier molecular flexibility index (Phi) is 4.51. The van der Waals surface area contributed by atoms with Gasteiger partial charge in [0.2, 0.25) is 0 Å². The van der Waals surface area contributed by atoms with Crippen LogP contribution in [-0.2, 0) is 6.54 Å². The Bertz CT molecular complexity index is 665. The lowest BCUT2D eigenvalue weighted by atomic mass is 10.1. The van der Waals surface area contributed by atoms with Crippen LogP contribution >= 0.6 is 0 Å². The van der Waals surface area contributed by atoms with Crippen LogP contribution in [0.2, 0.25) is 0 Å². The lowest BCUT2D eigenvalue weighted by molar-refractivity contribution is 0.0928. The van der Waals surface area contributed by atoms with Gasteiger partial charge in [0.05, 0.1) is 0 Å². The Labute approximate surface area is 132 Å². The standard InChI is InChI=1S/C19H26N2O/c1-3-4-13-21-17-12-8-7-11-16(17)14(2)18(21)19(22)20-15-9-5-6-10-15/h7-8,11-12,15H,3-6,9-10,13H2,1-2H3,(H,20,22). The van der Waals surface area contributed by atoms with Crippen molar-refractivity contribution in [2.75, 3.05) is 0 Å². The van der Waals surface area contributed by atoms with Crippen LogP contribution in [0, 0.1) is 6.92 Å². The van der Waals surface area contributed by atoms with Crippen molar-refractivity contribution in [3.05, 3.63) is 35.5 Å². The molecule has 1 aliphatic rings. The minimum Gasteiger partial charge on any atom is -0.348 e. The molecule has 1 N–H and O–H groups in total. The smallest absolute Gasteiger partial charge is 0.268 e. The molecule has 3 heteroatoms. The zero-order chi connectivity index (χ0) is 15.5. The first-order valence-electron chi connectivity index (χ1n) is 8.61. The predicted molar refractivity (Wildman–Crippen MR) is 91.3 cm³/mol. The van der Waals surface area contributed by atoms with Gasteiger partial charge in [-0.3, -0.25) is 4.79 Å². The summed E-state index contributed by atoms with van der Waals surface area (Å²) in [5.74, 6) is 0.108. The molecule has 1 aromatic heterocycles. The number of amides is 1. The number of aromatic nitrogens is 1. The van der Waals surface area contributed by atoms with E-state index in [-0.39, 0.29) is 5.91 Å². The van der Waals surface area contributed by atoms with Gasteiger partial charge in [-0.1, -0.05) is 44.4 Å². The fraction of sp³-hybridized carbons (Fsp3) is 0.526. The van der Waals surface area contributed by atoms with E-state index in [1.54, 1.807) is 0 Å². The second kappa shape index (κ2) is 6.55. The van der Waals surface area contributed by atoms with Crippen LogP contribution in [0.1, 0.15) is 61.5 Å². The van der Waals surface area contributed by atoms with Crippen LogP contribution in [0.25, 0.3) is 10.9 Å². The average Bonchev–Trinajstić information content (AvgIpc) is 3.12. The van der Waals surface area contributed by atoms with Crippen molar-refractivity contribution in [3.8, 4) is 0 Å². The Morgan fingerprint density at radius 3 is 2.73 bits per heavy atom. The number of aryl methyl sites for hydroxylation is 2. The van der Waals surface area contributed by atoms with E-state index in [0.717, 1.165) is 43.5 Å². The van der Waals surface area contributed by atoms with E-state index in [0.29, 0.717) is 6.04 Å². The number of unbranched alkanes of at least 4 members (excludes halogenated alkanes) is 1. The van der Waals surface area contributed by atoms with Crippen LogP contribution in [0.15, 0.2) is 24.3 Å². The zero-order valence-corrected chi connectivity index (χ0v) is 13.7. The number of hydrogen-bond donors (Lipinski definition) is 1. The normalized spacial score (nSPS) is 15.5. The van der Waals surface area contributed by atoms with E-state index in [9.17, 15) is 4.79 Å². The van der Waals surface area contributed by atoms with Crippen LogP contribution in [0.4, 0.5) is 0 Å². The highest BCUT2D eigenvalue weighted by Crippen LogP contribution is 2.27. The van der Waals surface area contributed by atoms with Gasteiger partial charge in [-0.15, -0.1) is 0 Å². The molecule has 0 aliphatic heterocycles. The maximum atomic E-state index is 12.8. The predicted octanol–water partition coefficient (Wildman–Crippen LogP) is 4.42. The molecule has 1 heterocycles. The van der Waals surface area contributed by atoms with Crippen molar-refractivity contribution < 1.29 is 4.79 Å². The van der Waals surface area contributed by atoms with E-state index in [1.165, 1.54) is 23.7 Å². The molecular formula is C19H26N2O. The van der Waals surface area contributed by atoms with Gasteiger partial charge in [0.1, 0.15) is 5.69 Å². The number of rotatable bonds is 5. The number of hydrogen-bond acceptors (Lipinski definition) is 1. The highest BCUT2D eigenvalue weighted by molar-refractivity contribution is 6.01. The van der Waals surface area contributed by atoms with Gasteiger partial charge in [-0.25, -0.2) is 0 Å². The molecule has 1 aromatic carbocycles. The molecule has 0 bridgehead atoms.